The largest absolute Gasteiger partial charge is 0.384 e. The Balaban J connectivity index is 1.53. The molecule has 4 rings (SSSR count). The van der Waals surface area contributed by atoms with Crippen LogP contribution in [0.3, 0.4) is 0 Å². The molecular formula is C20H28N4O3. The molecule has 27 heavy (non-hydrogen) atoms. The lowest BCUT2D eigenvalue weighted by Crippen LogP contribution is -2.43. The monoisotopic (exact) mass is 372 g/mol. The number of ether oxygens (including phenoxy) is 2. The molecule has 0 saturated carbocycles. The molecule has 0 bridgehead atoms. The molecule has 2 aliphatic heterocycles. The van der Waals surface area contributed by atoms with Crippen molar-refractivity contribution in [3.8, 4) is 11.4 Å². The molecule has 1 aromatic carbocycles. The van der Waals surface area contributed by atoms with Gasteiger partial charge in [0.05, 0.1) is 25.2 Å². The maximum absolute atomic E-state index is 5.71. The van der Waals surface area contributed by atoms with Gasteiger partial charge < -0.3 is 19.3 Å². The lowest BCUT2D eigenvalue weighted by molar-refractivity contribution is 0.0342. The molecule has 7 heteroatoms. The van der Waals surface area contributed by atoms with Crippen LogP contribution in [0.15, 0.2) is 28.8 Å². The average molecular weight is 372 g/mol. The van der Waals surface area contributed by atoms with E-state index in [1.807, 2.05) is 6.07 Å². The minimum absolute atomic E-state index is 0.184. The number of nitrogens with one attached hydrogen (secondary N) is 1. The highest BCUT2D eigenvalue weighted by atomic mass is 16.5. The Hall–Kier alpha value is -1.80. The smallest absolute Gasteiger partial charge is 0.235 e. The molecule has 0 spiro atoms. The van der Waals surface area contributed by atoms with E-state index in [0.29, 0.717) is 18.3 Å². The first-order valence-electron chi connectivity index (χ1n) is 9.72. The zero-order valence-corrected chi connectivity index (χ0v) is 15.9. The maximum atomic E-state index is 5.71. The molecule has 146 valence electrons. The van der Waals surface area contributed by atoms with Gasteiger partial charge in [-0.05, 0) is 37.6 Å². The highest BCUT2D eigenvalue weighted by molar-refractivity contribution is 5.55. The van der Waals surface area contributed by atoms with Gasteiger partial charge in [0.2, 0.25) is 11.7 Å². The first-order valence-corrected chi connectivity index (χ1v) is 9.72. The molecule has 2 saturated heterocycles. The van der Waals surface area contributed by atoms with E-state index >= 15 is 0 Å². The van der Waals surface area contributed by atoms with Crippen molar-refractivity contribution in [2.45, 2.75) is 24.8 Å². The summed E-state index contributed by atoms with van der Waals surface area (Å²) in [6.07, 6.45) is 1.89. The van der Waals surface area contributed by atoms with E-state index in [1.165, 1.54) is 5.56 Å². The number of hydrogen-bond donors (Lipinski definition) is 1. The number of methoxy groups -OCH3 is 1. The number of nitrogens with zero attached hydrogens (tertiary/aromatic N) is 3. The lowest BCUT2D eigenvalue weighted by atomic mass is 9.79. The summed E-state index contributed by atoms with van der Waals surface area (Å²) >= 11 is 0. The van der Waals surface area contributed by atoms with E-state index in [1.54, 1.807) is 7.11 Å². The van der Waals surface area contributed by atoms with Crippen molar-refractivity contribution in [3.63, 3.8) is 0 Å². The Morgan fingerprint density at radius 1 is 1.22 bits per heavy atom. The molecule has 0 amide bonds. The van der Waals surface area contributed by atoms with Crippen LogP contribution in [0.4, 0.5) is 0 Å². The van der Waals surface area contributed by atoms with E-state index < -0.39 is 0 Å². The summed E-state index contributed by atoms with van der Waals surface area (Å²) in [5, 5.41) is 7.67. The van der Waals surface area contributed by atoms with Gasteiger partial charge in [-0.15, -0.1) is 0 Å². The molecular weight excluding hydrogens is 344 g/mol. The maximum Gasteiger partial charge on any atom is 0.235 e. The summed E-state index contributed by atoms with van der Waals surface area (Å²) in [5.74, 6) is 1.35. The van der Waals surface area contributed by atoms with E-state index in [-0.39, 0.29) is 5.41 Å². The molecule has 0 unspecified atom stereocenters. The third-order valence-corrected chi connectivity index (χ3v) is 5.56. The molecule has 0 radical (unpaired) electrons. The van der Waals surface area contributed by atoms with Gasteiger partial charge in [0.1, 0.15) is 0 Å². The molecule has 7 nitrogen and oxygen atoms in total. The van der Waals surface area contributed by atoms with Crippen LogP contribution in [0.25, 0.3) is 11.4 Å². The molecule has 0 aliphatic carbocycles. The van der Waals surface area contributed by atoms with Crippen molar-refractivity contribution in [3.05, 3.63) is 35.7 Å². The summed E-state index contributed by atoms with van der Waals surface area (Å²) in [6.45, 7) is 6.98. The fraction of sp³-hybridized carbons (Fsp3) is 0.600. The quantitative estimate of drug-likeness (QED) is 0.829. The minimum atomic E-state index is -0.184. The molecule has 2 aliphatic rings. The van der Waals surface area contributed by atoms with Gasteiger partial charge in [0.25, 0.3) is 0 Å². The number of rotatable bonds is 6. The number of hydrogen-bond acceptors (Lipinski definition) is 7. The Morgan fingerprint density at radius 2 is 2.04 bits per heavy atom. The van der Waals surface area contributed by atoms with E-state index in [2.05, 4.69) is 33.6 Å². The topological polar surface area (TPSA) is 72.7 Å². The summed E-state index contributed by atoms with van der Waals surface area (Å²) in [6, 6.07) is 8.42. The van der Waals surface area contributed by atoms with Gasteiger partial charge in [0.15, 0.2) is 0 Å². The lowest BCUT2D eigenvalue weighted by Gasteiger charge is -2.33. The van der Waals surface area contributed by atoms with Gasteiger partial charge in [-0.1, -0.05) is 23.4 Å². The van der Waals surface area contributed by atoms with Crippen LogP contribution in [0, 0.1) is 0 Å². The van der Waals surface area contributed by atoms with E-state index in [4.69, 9.17) is 19.0 Å². The van der Waals surface area contributed by atoms with Gasteiger partial charge >= 0.3 is 0 Å². The second kappa shape index (κ2) is 8.48. The highest BCUT2D eigenvalue weighted by Gasteiger charge is 2.39. The SMILES string of the molecule is COCC1(c2nc(-c3cccc(CN4CCOCC4)c3)no2)CCNCC1. The normalized spacial score (nSPS) is 20.6. The van der Waals surface area contributed by atoms with E-state index in [9.17, 15) is 0 Å². The van der Waals surface area contributed by atoms with Gasteiger partial charge in [-0.2, -0.15) is 4.98 Å². The van der Waals surface area contributed by atoms with Gasteiger partial charge in [-0.3, -0.25) is 4.90 Å². The highest BCUT2D eigenvalue weighted by Crippen LogP contribution is 2.34. The van der Waals surface area contributed by atoms with Crippen molar-refractivity contribution in [1.82, 2.24) is 20.4 Å². The van der Waals surface area contributed by atoms with Gasteiger partial charge in [0, 0.05) is 32.3 Å². The third kappa shape index (κ3) is 4.21. The van der Waals surface area contributed by atoms with Crippen LogP contribution in [-0.2, 0) is 21.4 Å². The first-order chi connectivity index (χ1) is 13.3. The Labute approximate surface area is 160 Å². The van der Waals surface area contributed by atoms with Crippen molar-refractivity contribution >= 4 is 0 Å². The molecule has 0 atom stereocenters. The van der Waals surface area contributed by atoms with Crippen LogP contribution in [0.2, 0.25) is 0 Å². The summed E-state index contributed by atoms with van der Waals surface area (Å²) in [5.41, 5.74) is 2.07. The Bertz CT molecular complexity index is 731. The van der Waals surface area contributed by atoms with Crippen molar-refractivity contribution in [1.29, 1.82) is 0 Å². The van der Waals surface area contributed by atoms with Crippen LogP contribution in [0.1, 0.15) is 24.3 Å². The fourth-order valence-electron chi connectivity index (χ4n) is 3.98. The third-order valence-electron chi connectivity index (χ3n) is 5.56. The van der Waals surface area contributed by atoms with Crippen LogP contribution in [0.5, 0.6) is 0 Å². The zero-order chi connectivity index (χ0) is 18.5. The second-order valence-electron chi connectivity index (χ2n) is 7.48. The first kappa shape index (κ1) is 18.6. The van der Waals surface area contributed by atoms with Crippen LogP contribution < -0.4 is 5.32 Å². The molecule has 1 aromatic heterocycles. The zero-order valence-electron chi connectivity index (χ0n) is 15.9. The average Bonchev–Trinajstić information content (AvgIpc) is 3.21. The van der Waals surface area contributed by atoms with Gasteiger partial charge in [-0.25, -0.2) is 0 Å². The van der Waals surface area contributed by atoms with Crippen molar-refractivity contribution in [2.24, 2.45) is 0 Å². The summed E-state index contributed by atoms with van der Waals surface area (Å²) < 4.78 is 16.6. The minimum Gasteiger partial charge on any atom is -0.384 e. The summed E-state index contributed by atoms with van der Waals surface area (Å²) in [4.78, 5) is 7.17. The number of piperidine rings is 1. The number of morpholine rings is 1. The number of aromatic nitrogens is 2. The predicted molar refractivity (Wildman–Crippen MR) is 101 cm³/mol. The number of benzene rings is 1. The molecule has 3 heterocycles. The second-order valence-corrected chi connectivity index (χ2v) is 7.48. The van der Waals surface area contributed by atoms with Crippen molar-refractivity contribution in [2.75, 3.05) is 53.1 Å². The molecule has 1 N–H and O–H groups in total. The summed E-state index contributed by atoms with van der Waals surface area (Å²) in [7, 11) is 1.73. The van der Waals surface area contributed by atoms with Crippen LogP contribution in [-0.4, -0.2) is 68.2 Å². The van der Waals surface area contributed by atoms with Crippen molar-refractivity contribution < 1.29 is 14.0 Å². The molecule has 2 aromatic rings. The van der Waals surface area contributed by atoms with Crippen LogP contribution >= 0.6 is 0 Å². The van der Waals surface area contributed by atoms with E-state index in [0.717, 1.165) is 64.3 Å². The fourth-order valence-corrected chi connectivity index (χ4v) is 3.98. The molecule has 2 fully saturated rings. The standard InChI is InChI=1S/C20H28N4O3/c1-25-15-20(5-7-21-8-6-20)19-22-18(23-27-19)17-4-2-3-16(13-17)14-24-9-11-26-12-10-24/h2-4,13,21H,5-12,14-15H2,1H3. The Kier molecular flexibility index (Phi) is 5.83. The predicted octanol–water partition coefficient (Wildman–Crippen LogP) is 1.84. The Morgan fingerprint density at radius 3 is 2.81 bits per heavy atom.